The van der Waals surface area contributed by atoms with Gasteiger partial charge in [0.05, 0.1) is 36.7 Å². The Morgan fingerprint density at radius 3 is 2.68 bits per heavy atom. The van der Waals surface area contributed by atoms with Crippen molar-refractivity contribution in [3.63, 3.8) is 0 Å². The van der Waals surface area contributed by atoms with E-state index in [1.165, 1.54) is 0 Å². The molecular weight excluding hydrogens is 338 g/mol. The standard InChI is InChI=1S/C18H21N3O3S/c1-11-9-19-16(12(2)17(11)24-4)10-25(5,22)18-20-14-7-6-13(23-3)8-15(14)21-18/h6-9H,5,10H2,1-4H3,(H,20,21). The number of ether oxygens (including phenoxy) is 2. The largest absolute Gasteiger partial charge is 0.497 e. The summed E-state index contributed by atoms with van der Waals surface area (Å²) in [4.78, 5) is 12.0. The fourth-order valence-corrected chi connectivity index (χ4v) is 4.20. The maximum absolute atomic E-state index is 13.2. The van der Waals surface area contributed by atoms with Crippen LogP contribution in [0.5, 0.6) is 11.5 Å². The lowest BCUT2D eigenvalue weighted by Gasteiger charge is -2.13. The van der Waals surface area contributed by atoms with Crippen molar-refractivity contribution in [2.45, 2.75) is 24.8 Å². The summed E-state index contributed by atoms with van der Waals surface area (Å²) in [6, 6.07) is 5.45. The molecule has 1 aromatic carbocycles. The number of H-pyrrole nitrogens is 1. The number of aryl methyl sites for hydroxylation is 1. The molecule has 0 radical (unpaired) electrons. The molecule has 0 aliphatic rings. The summed E-state index contributed by atoms with van der Waals surface area (Å²) in [5.41, 5.74) is 3.99. The van der Waals surface area contributed by atoms with Crippen LogP contribution in [0.3, 0.4) is 0 Å². The Bertz CT molecular complexity index is 1040. The Kier molecular flexibility index (Phi) is 4.43. The number of aromatic nitrogens is 3. The molecule has 1 atom stereocenters. The lowest BCUT2D eigenvalue weighted by molar-refractivity contribution is 0.407. The van der Waals surface area contributed by atoms with E-state index in [9.17, 15) is 4.21 Å². The highest BCUT2D eigenvalue weighted by atomic mass is 32.2. The van der Waals surface area contributed by atoms with Crippen molar-refractivity contribution in [2.75, 3.05) is 14.2 Å². The molecule has 1 unspecified atom stereocenters. The molecule has 0 fully saturated rings. The second-order valence-electron chi connectivity index (χ2n) is 5.93. The van der Waals surface area contributed by atoms with Gasteiger partial charge in [0.25, 0.3) is 0 Å². The number of methoxy groups -OCH3 is 2. The molecule has 0 spiro atoms. The zero-order valence-corrected chi connectivity index (χ0v) is 15.6. The number of nitrogens with one attached hydrogen (secondary N) is 1. The van der Waals surface area contributed by atoms with Gasteiger partial charge in [-0.3, -0.25) is 9.19 Å². The van der Waals surface area contributed by atoms with Crippen molar-refractivity contribution < 1.29 is 13.7 Å². The summed E-state index contributed by atoms with van der Waals surface area (Å²) in [5, 5.41) is 0.358. The predicted molar refractivity (Wildman–Crippen MR) is 100 cm³/mol. The van der Waals surface area contributed by atoms with Crippen LogP contribution in [0.4, 0.5) is 0 Å². The fraction of sp³-hybridized carbons (Fsp3) is 0.278. The molecule has 1 N–H and O–H groups in total. The Labute approximate surface area is 147 Å². The topological polar surface area (TPSA) is 77.1 Å². The highest BCUT2D eigenvalue weighted by Crippen LogP contribution is 2.27. The van der Waals surface area contributed by atoms with E-state index in [1.54, 1.807) is 20.4 Å². The molecule has 0 bridgehead atoms. The maximum atomic E-state index is 13.2. The Morgan fingerprint density at radius 1 is 1.24 bits per heavy atom. The minimum Gasteiger partial charge on any atom is -0.497 e. The first-order valence-corrected chi connectivity index (χ1v) is 9.63. The van der Waals surface area contributed by atoms with Crippen molar-refractivity contribution in [2.24, 2.45) is 0 Å². The zero-order valence-electron chi connectivity index (χ0n) is 14.8. The monoisotopic (exact) mass is 359 g/mol. The Hall–Kier alpha value is -2.54. The molecule has 0 aliphatic heterocycles. The third-order valence-corrected chi connectivity index (χ3v) is 5.78. The third kappa shape index (κ3) is 3.19. The van der Waals surface area contributed by atoms with Crippen LogP contribution >= 0.6 is 0 Å². The molecule has 3 aromatic rings. The number of benzene rings is 1. The van der Waals surface area contributed by atoms with Gasteiger partial charge >= 0.3 is 0 Å². The average Bonchev–Trinajstić information content (AvgIpc) is 3.02. The SMILES string of the molecule is C=S(=O)(Cc1ncc(C)c(OC)c1C)c1nc2ccc(OC)cc2[nH]1. The number of nitrogens with zero attached hydrogens (tertiary/aromatic N) is 2. The Morgan fingerprint density at radius 2 is 2.00 bits per heavy atom. The number of aromatic amines is 1. The molecule has 6 nitrogen and oxygen atoms in total. The maximum Gasteiger partial charge on any atom is 0.189 e. The van der Waals surface area contributed by atoms with Gasteiger partial charge in [-0.25, -0.2) is 4.98 Å². The van der Waals surface area contributed by atoms with Crippen LogP contribution in [0.1, 0.15) is 16.8 Å². The Balaban J connectivity index is 2.00. The fourth-order valence-electron chi connectivity index (χ4n) is 2.77. The van der Waals surface area contributed by atoms with Gasteiger partial charge < -0.3 is 14.5 Å². The van der Waals surface area contributed by atoms with E-state index in [-0.39, 0.29) is 5.75 Å². The molecule has 2 heterocycles. The summed E-state index contributed by atoms with van der Waals surface area (Å²) >= 11 is 0. The lowest BCUT2D eigenvalue weighted by Crippen LogP contribution is -2.10. The second kappa shape index (κ2) is 6.40. The van der Waals surface area contributed by atoms with Gasteiger partial charge in [-0.2, -0.15) is 0 Å². The van der Waals surface area contributed by atoms with Gasteiger partial charge in [0, 0.05) is 32.9 Å². The van der Waals surface area contributed by atoms with Crippen molar-refractivity contribution in [1.82, 2.24) is 15.0 Å². The number of hydrogen-bond donors (Lipinski definition) is 1. The van der Waals surface area contributed by atoms with E-state index >= 15 is 0 Å². The molecule has 0 amide bonds. The molecule has 3 rings (SSSR count). The number of hydrogen-bond acceptors (Lipinski definition) is 5. The highest BCUT2D eigenvalue weighted by Gasteiger charge is 2.18. The van der Waals surface area contributed by atoms with Crippen LogP contribution in [-0.2, 0) is 15.3 Å². The minimum atomic E-state index is -2.68. The van der Waals surface area contributed by atoms with E-state index in [0.717, 1.165) is 27.9 Å². The minimum absolute atomic E-state index is 0.187. The lowest BCUT2D eigenvalue weighted by atomic mass is 10.1. The number of rotatable bonds is 5. The van der Waals surface area contributed by atoms with Gasteiger partial charge in [0.15, 0.2) is 5.16 Å². The van der Waals surface area contributed by atoms with Crippen molar-refractivity contribution in [3.05, 3.63) is 41.2 Å². The molecule has 2 aromatic heterocycles. The van der Waals surface area contributed by atoms with Crippen LogP contribution in [0.25, 0.3) is 11.0 Å². The third-order valence-electron chi connectivity index (χ3n) is 4.14. The van der Waals surface area contributed by atoms with Gasteiger partial charge in [-0.05, 0) is 31.9 Å². The van der Waals surface area contributed by atoms with E-state index in [1.807, 2.05) is 32.0 Å². The van der Waals surface area contributed by atoms with Crippen LogP contribution in [-0.4, -0.2) is 39.3 Å². The quantitative estimate of drug-likeness (QED) is 0.709. The molecule has 0 aliphatic carbocycles. The van der Waals surface area contributed by atoms with Gasteiger partial charge in [0.1, 0.15) is 11.5 Å². The summed E-state index contributed by atoms with van der Waals surface area (Å²) in [6.45, 7) is 3.84. The summed E-state index contributed by atoms with van der Waals surface area (Å²) < 4.78 is 23.8. The number of fused-ring (bicyclic) bond motifs is 1. The van der Waals surface area contributed by atoms with E-state index in [4.69, 9.17) is 9.47 Å². The van der Waals surface area contributed by atoms with Gasteiger partial charge in [-0.15, -0.1) is 0 Å². The van der Waals surface area contributed by atoms with Gasteiger partial charge in [-0.1, -0.05) is 0 Å². The van der Waals surface area contributed by atoms with Crippen LogP contribution < -0.4 is 9.47 Å². The first-order chi connectivity index (χ1) is 11.9. The number of pyridine rings is 1. The molecule has 7 heteroatoms. The predicted octanol–water partition coefficient (Wildman–Crippen LogP) is 2.87. The summed E-state index contributed by atoms with van der Waals surface area (Å²) in [5.74, 6) is 5.57. The van der Waals surface area contributed by atoms with E-state index in [2.05, 4.69) is 20.8 Å². The van der Waals surface area contributed by atoms with Crippen LogP contribution in [0.15, 0.2) is 29.6 Å². The molecule has 0 saturated carbocycles. The van der Waals surface area contributed by atoms with Crippen LogP contribution in [0, 0.1) is 13.8 Å². The van der Waals surface area contributed by atoms with Gasteiger partial charge in [0.2, 0.25) is 0 Å². The van der Waals surface area contributed by atoms with Crippen molar-refractivity contribution in [3.8, 4) is 11.5 Å². The molecule has 25 heavy (non-hydrogen) atoms. The molecular formula is C18H21N3O3S. The second-order valence-corrected chi connectivity index (χ2v) is 8.23. The highest BCUT2D eigenvalue weighted by molar-refractivity contribution is 7.99. The first kappa shape index (κ1) is 17.3. The molecule has 0 saturated heterocycles. The zero-order chi connectivity index (χ0) is 18.2. The normalized spacial score (nSPS) is 13.6. The first-order valence-electron chi connectivity index (χ1n) is 7.73. The average molecular weight is 359 g/mol. The van der Waals surface area contributed by atoms with Crippen LogP contribution in [0.2, 0.25) is 0 Å². The summed E-state index contributed by atoms with van der Waals surface area (Å²) in [7, 11) is 0.537. The smallest absolute Gasteiger partial charge is 0.189 e. The molecule has 132 valence electrons. The van der Waals surface area contributed by atoms with Crippen molar-refractivity contribution >= 4 is 26.4 Å². The van der Waals surface area contributed by atoms with E-state index in [0.29, 0.717) is 16.6 Å². The van der Waals surface area contributed by atoms with E-state index < -0.39 is 9.52 Å². The van der Waals surface area contributed by atoms with Crippen molar-refractivity contribution in [1.29, 1.82) is 0 Å². The summed E-state index contributed by atoms with van der Waals surface area (Å²) in [6.07, 6.45) is 1.72. The number of imidazole rings is 1.